The normalized spacial score (nSPS) is 11.0. The predicted octanol–water partition coefficient (Wildman–Crippen LogP) is 5.94. The molecule has 2 nitrogen and oxygen atoms in total. The fourth-order valence-electron chi connectivity index (χ4n) is 1.97. The maximum Gasteiger partial charge on any atom is 0.153 e. The van der Waals surface area contributed by atoms with Crippen LogP contribution in [0.3, 0.4) is 0 Å². The van der Waals surface area contributed by atoms with E-state index in [0.717, 1.165) is 11.1 Å². The van der Waals surface area contributed by atoms with E-state index in [9.17, 15) is 4.39 Å². The topological polar surface area (TPSA) is 35.2 Å². The average molecular weight is 328 g/mol. The first-order valence-corrected chi connectivity index (χ1v) is 7.27. The first-order chi connectivity index (χ1) is 9.79. The molecule has 5 heteroatoms. The Morgan fingerprint density at radius 3 is 2.33 bits per heavy atom. The molecule has 0 amide bonds. The highest BCUT2D eigenvalue weighted by Gasteiger charge is 2.13. The zero-order valence-corrected chi connectivity index (χ0v) is 13.5. The molecular formula is C16H16Cl2FNO. The second kappa shape index (κ2) is 6.12. The predicted molar refractivity (Wildman–Crippen MR) is 86.2 cm³/mol. The van der Waals surface area contributed by atoms with E-state index >= 15 is 0 Å². The minimum absolute atomic E-state index is 0.0319. The fourth-order valence-corrected chi connectivity index (χ4v) is 2.58. The van der Waals surface area contributed by atoms with Crippen LogP contribution in [-0.4, -0.2) is 0 Å². The van der Waals surface area contributed by atoms with Crippen LogP contribution in [0, 0.1) is 12.7 Å². The summed E-state index contributed by atoms with van der Waals surface area (Å²) >= 11 is 11.9. The van der Waals surface area contributed by atoms with E-state index in [1.165, 1.54) is 12.1 Å². The second-order valence-corrected chi connectivity index (χ2v) is 6.01. The molecule has 0 unspecified atom stereocenters. The van der Waals surface area contributed by atoms with Crippen molar-refractivity contribution < 1.29 is 9.13 Å². The SMILES string of the molecule is Cc1cc(Cl)c(C(C)C)cc1Oc1cc(F)c(Cl)cc1N. The van der Waals surface area contributed by atoms with E-state index in [2.05, 4.69) is 0 Å². The van der Waals surface area contributed by atoms with Gasteiger partial charge >= 0.3 is 0 Å². The summed E-state index contributed by atoms with van der Waals surface area (Å²) in [6.45, 7) is 5.95. The summed E-state index contributed by atoms with van der Waals surface area (Å²) in [7, 11) is 0. The van der Waals surface area contributed by atoms with Crippen LogP contribution in [0.25, 0.3) is 0 Å². The Kier molecular flexibility index (Phi) is 4.64. The van der Waals surface area contributed by atoms with Crippen LogP contribution < -0.4 is 10.5 Å². The van der Waals surface area contributed by atoms with Crippen molar-refractivity contribution in [1.29, 1.82) is 0 Å². The molecule has 112 valence electrons. The molecule has 0 heterocycles. The second-order valence-electron chi connectivity index (χ2n) is 5.20. The summed E-state index contributed by atoms with van der Waals surface area (Å²) in [5.41, 5.74) is 7.90. The van der Waals surface area contributed by atoms with Crippen molar-refractivity contribution in [3.63, 3.8) is 0 Å². The van der Waals surface area contributed by atoms with E-state index in [4.69, 9.17) is 33.7 Å². The van der Waals surface area contributed by atoms with Crippen LogP contribution in [0.15, 0.2) is 24.3 Å². The lowest BCUT2D eigenvalue weighted by atomic mass is 10.0. The van der Waals surface area contributed by atoms with Gasteiger partial charge in [0.1, 0.15) is 11.6 Å². The summed E-state index contributed by atoms with van der Waals surface area (Å²) in [5, 5.41) is 0.653. The largest absolute Gasteiger partial charge is 0.455 e. The number of nitrogens with two attached hydrogens (primary N) is 1. The lowest BCUT2D eigenvalue weighted by molar-refractivity contribution is 0.474. The summed E-state index contributed by atoms with van der Waals surface area (Å²) in [6, 6.07) is 6.20. The number of aryl methyl sites for hydroxylation is 1. The number of anilines is 1. The van der Waals surface area contributed by atoms with Crippen molar-refractivity contribution in [3.8, 4) is 11.5 Å². The molecule has 0 aliphatic heterocycles. The minimum Gasteiger partial charge on any atom is -0.455 e. The molecule has 0 bridgehead atoms. The zero-order chi connectivity index (χ0) is 15.7. The van der Waals surface area contributed by atoms with Crippen molar-refractivity contribution in [3.05, 3.63) is 51.3 Å². The van der Waals surface area contributed by atoms with Crippen molar-refractivity contribution >= 4 is 28.9 Å². The molecule has 21 heavy (non-hydrogen) atoms. The fraction of sp³-hybridized carbons (Fsp3) is 0.250. The van der Waals surface area contributed by atoms with Gasteiger partial charge in [-0.25, -0.2) is 4.39 Å². The number of nitrogen functional groups attached to an aromatic ring is 1. The molecule has 2 aromatic rings. The van der Waals surface area contributed by atoms with Gasteiger partial charge in [-0.2, -0.15) is 0 Å². The number of halogens is 3. The Labute approximate surface area is 133 Å². The van der Waals surface area contributed by atoms with Crippen molar-refractivity contribution in [2.75, 3.05) is 5.73 Å². The molecule has 0 saturated heterocycles. The van der Waals surface area contributed by atoms with Crippen LogP contribution in [-0.2, 0) is 0 Å². The molecule has 0 spiro atoms. The molecule has 0 atom stereocenters. The number of ether oxygens (including phenoxy) is 1. The van der Waals surface area contributed by atoms with E-state index in [0.29, 0.717) is 10.8 Å². The smallest absolute Gasteiger partial charge is 0.153 e. The van der Waals surface area contributed by atoms with Crippen LogP contribution in [0.2, 0.25) is 10.0 Å². The lowest BCUT2D eigenvalue weighted by Gasteiger charge is -2.15. The van der Waals surface area contributed by atoms with Gasteiger partial charge in [0, 0.05) is 11.1 Å². The quantitative estimate of drug-likeness (QED) is 0.708. The minimum atomic E-state index is -0.573. The molecule has 2 N–H and O–H groups in total. The summed E-state index contributed by atoms with van der Waals surface area (Å²) in [4.78, 5) is 0. The van der Waals surface area contributed by atoms with Gasteiger partial charge in [0.15, 0.2) is 5.75 Å². The van der Waals surface area contributed by atoms with Crippen LogP contribution in [0.4, 0.5) is 10.1 Å². The molecular weight excluding hydrogens is 312 g/mol. The van der Waals surface area contributed by atoms with E-state index in [1.54, 1.807) is 0 Å². The van der Waals surface area contributed by atoms with Gasteiger partial charge in [0.2, 0.25) is 0 Å². The van der Waals surface area contributed by atoms with Crippen molar-refractivity contribution in [1.82, 2.24) is 0 Å². The van der Waals surface area contributed by atoms with Gasteiger partial charge in [0.25, 0.3) is 0 Å². The Morgan fingerprint density at radius 1 is 1.05 bits per heavy atom. The third-order valence-electron chi connectivity index (χ3n) is 3.19. The summed E-state index contributed by atoms with van der Waals surface area (Å²) in [5.74, 6) is 0.505. The molecule has 0 aromatic heterocycles. The average Bonchev–Trinajstić information content (AvgIpc) is 2.38. The number of hydrogen-bond acceptors (Lipinski definition) is 2. The Balaban J connectivity index is 2.44. The first-order valence-electron chi connectivity index (χ1n) is 6.52. The number of rotatable bonds is 3. The Morgan fingerprint density at radius 2 is 1.71 bits per heavy atom. The van der Waals surface area contributed by atoms with Gasteiger partial charge in [-0.3, -0.25) is 0 Å². The number of hydrogen-bond donors (Lipinski definition) is 1. The van der Waals surface area contributed by atoms with E-state index < -0.39 is 5.82 Å². The Bertz CT molecular complexity index is 686. The van der Waals surface area contributed by atoms with Gasteiger partial charge < -0.3 is 10.5 Å². The maximum atomic E-state index is 13.5. The standard InChI is InChI=1S/C16H16Cl2FNO/c1-8(2)10-5-15(9(3)4-11(10)17)21-16-7-13(19)12(18)6-14(16)20/h4-8H,20H2,1-3H3. The molecule has 2 aromatic carbocycles. The highest BCUT2D eigenvalue weighted by Crippen LogP contribution is 2.36. The third kappa shape index (κ3) is 3.42. The zero-order valence-electron chi connectivity index (χ0n) is 12.0. The van der Waals surface area contributed by atoms with Crippen LogP contribution >= 0.6 is 23.2 Å². The van der Waals surface area contributed by atoms with Crippen LogP contribution in [0.5, 0.6) is 11.5 Å². The first kappa shape index (κ1) is 15.9. The molecule has 2 rings (SSSR count). The highest BCUT2D eigenvalue weighted by molar-refractivity contribution is 6.31. The number of benzene rings is 2. The van der Waals surface area contributed by atoms with E-state index in [-0.39, 0.29) is 22.4 Å². The molecule has 0 aliphatic carbocycles. The van der Waals surface area contributed by atoms with E-state index in [1.807, 2.05) is 32.9 Å². The molecule has 0 radical (unpaired) electrons. The third-order valence-corrected chi connectivity index (χ3v) is 3.81. The van der Waals surface area contributed by atoms with Gasteiger partial charge in [-0.15, -0.1) is 0 Å². The van der Waals surface area contributed by atoms with Crippen molar-refractivity contribution in [2.45, 2.75) is 26.7 Å². The summed E-state index contributed by atoms with van der Waals surface area (Å²) in [6.07, 6.45) is 0. The van der Waals surface area contributed by atoms with Crippen molar-refractivity contribution in [2.24, 2.45) is 0 Å². The molecule has 0 aliphatic rings. The molecule has 0 saturated carbocycles. The van der Waals surface area contributed by atoms with Gasteiger partial charge in [-0.1, -0.05) is 37.0 Å². The monoisotopic (exact) mass is 327 g/mol. The van der Waals surface area contributed by atoms with Crippen LogP contribution in [0.1, 0.15) is 30.9 Å². The maximum absolute atomic E-state index is 13.5. The Hall–Kier alpha value is -1.45. The van der Waals surface area contributed by atoms with Gasteiger partial charge in [-0.05, 0) is 42.2 Å². The highest BCUT2D eigenvalue weighted by atomic mass is 35.5. The lowest BCUT2D eigenvalue weighted by Crippen LogP contribution is -1.97. The van der Waals surface area contributed by atoms with Gasteiger partial charge in [0.05, 0.1) is 10.7 Å². The molecule has 0 fully saturated rings. The summed E-state index contributed by atoms with van der Waals surface area (Å²) < 4.78 is 19.3.